The van der Waals surface area contributed by atoms with E-state index in [1.807, 2.05) is 25.3 Å². The fourth-order valence-corrected chi connectivity index (χ4v) is 2.37. The van der Waals surface area contributed by atoms with E-state index in [0.717, 1.165) is 15.9 Å². The topological polar surface area (TPSA) is 43.9 Å². The summed E-state index contributed by atoms with van der Waals surface area (Å²) >= 11 is 3.54. The Labute approximate surface area is 106 Å². The molecule has 0 N–H and O–H groups in total. The summed E-state index contributed by atoms with van der Waals surface area (Å²) in [7, 11) is 0. The van der Waals surface area contributed by atoms with Crippen LogP contribution in [0.15, 0.2) is 39.6 Å². The molecule has 0 fully saturated rings. The van der Waals surface area contributed by atoms with E-state index in [2.05, 4.69) is 42.9 Å². The lowest BCUT2D eigenvalue weighted by Crippen LogP contribution is -1.99. The molecule has 0 aliphatic heterocycles. The Kier molecular flexibility index (Phi) is 2.48. The second-order valence-corrected chi connectivity index (χ2v) is 4.77. The quantitative estimate of drug-likeness (QED) is 0.728. The van der Waals surface area contributed by atoms with Crippen molar-refractivity contribution in [1.29, 1.82) is 0 Å². The van der Waals surface area contributed by atoms with Crippen molar-refractivity contribution in [2.45, 2.75) is 13.5 Å². The summed E-state index contributed by atoms with van der Waals surface area (Å²) < 4.78 is 7.94. The molecular weight excluding hydrogens is 282 g/mol. The first-order chi connectivity index (χ1) is 8.25. The minimum Gasteiger partial charge on any atom is -0.341 e. The lowest BCUT2D eigenvalue weighted by Gasteiger charge is -2.03. The normalized spacial score (nSPS) is 11.2. The average Bonchev–Trinajstić information content (AvgIpc) is 2.89. The van der Waals surface area contributed by atoms with Gasteiger partial charge in [0.05, 0.1) is 6.54 Å². The highest BCUT2D eigenvalue weighted by atomic mass is 79.9. The van der Waals surface area contributed by atoms with Crippen molar-refractivity contribution in [1.82, 2.24) is 14.9 Å². The van der Waals surface area contributed by atoms with E-state index in [0.29, 0.717) is 6.54 Å². The second kappa shape index (κ2) is 4.00. The van der Waals surface area contributed by atoms with Crippen LogP contribution in [-0.4, -0.2) is 14.9 Å². The molecule has 0 saturated carbocycles. The lowest BCUT2D eigenvalue weighted by molar-refractivity contribution is 0.300. The van der Waals surface area contributed by atoms with Gasteiger partial charge in [0.2, 0.25) is 0 Å². The minimum absolute atomic E-state index is 0.676. The molecule has 0 atom stereocenters. The highest BCUT2D eigenvalue weighted by Gasteiger charge is 2.08. The maximum Gasteiger partial charge on any atom is 0.127 e. The van der Waals surface area contributed by atoms with Crippen molar-refractivity contribution in [2.24, 2.45) is 0 Å². The first kappa shape index (κ1) is 10.5. The van der Waals surface area contributed by atoms with Crippen molar-refractivity contribution in [3.63, 3.8) is 0 Å². The Balaban J connectivity index is 2.07. The molecule has 5 heteroatoms. The SMILES string of the molecule is Cc1nonc1Cn1ccc2c(Br)cccc21. The number of nitrogens with zero attached hydrogens (tertiary/aromatic N) is 3. The van der Waals surface area contributed by atoms with E-state index < -0.39 is 0 Å². The van der Waals surface area contributed by atoms with Crippen LogP contribution in [0.4, 0.5) is 0 Å². The molecule has 1 aromatic carbocycles. The van der Waals surface area contributed by atoms with Gasteiger partial charge in [0.25, 0.3) is 0 Å². The van der Waals surface area contributed by atoms with Gasteiger partial charge < -0.3 is 4.57 Å². The van der Waals surface area contributed by atoms with Gasteiger partial charge in [0.1, 0.15) is 11.4 Å². The van der Waals surface area contributed by atoms with Crippen LogP contribution in [0.5, 0.6) is 0 Å². The van der Waals surface area contributed by atoms with Gasteiger partial charge in [-0.15, -0.1) is 0 Å². The van der Waals surface area contributed by atoms with Crippen LogP contribution in [0.1, 0.15) is 11.4 Å². The van der Waals surface area contributed by atoms with Crippen molar-refractivity contribution >= 4 is 26.8 Å². The molecule has 0 amide bonds. The van der Waals surface area contributed by atoms with Crippen LogP contribution in [0.25, 0.3) is 10.9 Å². The van der Waals surface area contributed by atoms with Crippen molar-refractivity contribution in [3.8, 4) is 0 Å². The zero-order valence-electron chi connectivity index (χ0n) is 9.22. The highest BCUT2D eigenvalue weighted by molar-refractivity contribution is 9.10. The predicted octanol–water partition coefficient (Wildman–Crippen LogP) is 3.14. The molecular formula is C12H10BrN3O. The standard InChI is InChI=1S/C12H10BrN3O/c1-8-11(15-17-14-8)7-16-6-5-9-10(13)3-2-4-12(9)16/h2-6H,7H2,1H3. The second-order valence-electron chi connectivity index (χ2n) is 3.91. The van der Waals surface area contributed by atoms with Crippen molar-refractivity contribution in [2.75, 3.05) is 0 Å². The highest BCUT2D eigenvalue weighted by Crippen LogP contribution is 2.25. The molecule has 0 spiro atoms. The van der Waals surface area contributed by atoms with Crippen molar-refractivity contribution in [3.05, 3.63) is 46.3 Å². The van der Waals surface area contributed by atoms with Crippen LogP contribution >= 0.6 is 15.9 Å². The lowest BCUT2D eigenvalue weighted by atomic mass is 10.2. The molecule has 0 aliphatic rings. The minimum atomic E-state index is 0.676. The molecule has 4 nitrogen and oxygen atoms in total. The van der Waals surface area contributed by atoms with E-state index in [1.54, 1.807) is 0 Å². The summed E-state index contributed by atoms with van der Waals surface area (Å²) in [5, 5.41) is 8.88. The Morgan fingerprint density at radius 1 is 1.29 bits per heavy atom. The summed E-state index contributed by atoms with van der Waals surface area (Å²) in [5.41, 5.74) is 2.87. The number of rotatable bonds is 2. The third-order valence-corrected chi connectivity index (χ3v) is 3.52. The van der Waals surface area contributed by atoms with Gasteiger partial charge in [-0.2, -0.15) is 0 Å². The van der Waals surface area contributed by atoms with Gasteiger partial charge in [-0.1, -0.05) is 32.3 Å². The summed E-state index contributed by atoms with van der Waals surface area (Å²) in [5.74, 6) is 0. The van der Waals surface area contributed by atoms with Crippen LogP contribution < -0.4 is 0 Å². The maximum atomic E-state index is 4.71. The monoisotopic (exact) mass is 291 g/mol. The molecule has 0 unspecified atom stereocenters. The van der Waals surface area contributed by atoms with E-state index in [9.17, 15) is 0 Å². The Hall–Kier alpha value is -1.62. The number of hydrogen-bond donors (Lipinski definition) is 0. The van der Waals surface area contributed by atoms with Crippen LogP contribution in [0.2, 0.25) is 0 Å². The summed E-state index contributed by atoms with van der Waals surface area (Å²) in [6.45, 7) is 2.57. The number of benzene rings is 1. The molecule has 2 heterocycles. The average molecular weight is 292 g/mol. The van der Waals surface area contributed by atoms with Gasteiger partial charge in [-0.05, 0) is 25.1 Å². The van der Waals surface area contributed by atoms with Crippen molar-refractivity contribution < 1.29 is 4.63 Å². The molecule has 2 aromatic heterocycles. The zero-order chi connectivity index (χ0) is 11.8. The fraction of sp³-hybridized carbons (Fsp3) is 0.167. The van der Waals surface area contributed by atoms with E-state index in [4.69, 9.17) is 4.63 Å². The summed E-state index contributed by atoms with van der Waals surface area (Å²) in [6.07, 6.45) is 2.05. The van der Waals surface area contributed by atoms with E-state index in [1.165, 1.54) is 10.9 Å². The Morgan fingerprint density at radius 2 is 2.18 bits per heavy atom. The first-order valence-corrected chi connectivity index (χ1v) is 6.06. The predicted molar refractivity (Wildman–Crippen MR) is 67.8 cm³/mol. The van der Waals surface area contributed by atoms with Gasteiger partial charge in [-0.3, -0.25) is 0 Å². The third-order valence-electron chi connectivity index (χ3n) is 2.83. The molecule has 3 rings (SSSR count). The third kappa shape index (κ3) is 1.76. The number of aryl methyl sites for hydroxylation is 1. The smallest absolute Gasteiger partial charge is 0.127 e. The summed E-state index contributed by atoms with van der Waals surface area (Å²) in [6, 6.07) is 8.23. The Bertz CT molecular complexity index is 671. The van der Waals surface area contributed by atoms with Crippen LogP contribution in [0.3, 0.4) is 0 Å². The molecule has 0 radical (unpaired) electrons. The van der Waals surface area contributed by atoms with Gasteiger partial charge in [0, 0.05) is 21.6 Å². The number of hydrogen-bond acceptors (Lipinski definition) is 3. The van der Waals surface area contributed by atoms with E-state index in [-0.39, 0.29) is 0 Å². The molecule has 17 heavy (non-hydrogen) atoms. The van der Waals surface area contributed by atoms with Gasteiger partial charge in [-0.25, -0.2) is 4.63 Å². The summed E-state index contributed by atoms with van der Waals surface area (Å²) in [4.78, 5) is 0. The number of aromatic nitrogens is 3. The van der Waals surface area contributed by atoms with Crippen LogP contribution in [0, 0.1) is 6.92 Å². The molecule has 3 aromatic rings. The Morgan fingerprint density at radius 3 is 2.94 bits per heavy atom. The van der Waals surface area contributed by atoms with Gasteiger partial charge in [0.15, 0.2) is 0 Å². The van der Waals surface area contributed by atoms with Crippen LogP contribution in [-0.2, 0) is 6.54 Å². The molecule has 0 bridgehead atoms. The maximum absolute atomic E-state index is 4.71. The van der Waals surface area contributed by atoms with E-state index >= 15 is 0 Å². The first-order valence-electron chi connectivity index (χ1n) is 5.27. The number of halogens is 1. The molecule has 0 aliphatic carbocycles. The number of fused-ring (bicyclic) bond motifs is 1. The molecule has 86 valence electrons. The zero-order valence-corrected chi connectivity index (χ0v) is 10.8. The largest absolute Gasteiger partial charge is 0.341 e. The van der Waals surface area contributed by atoms with Gasteiger partial charge >= 0.3 is 0 Å². The fourth-order valence-electron chi connectivity index (χ4n) is 1.88. The molecule has 0 saturated heterocycles.